The summed E-state index contributed by atoms with van der Waals surface area (Å²) in [6.07, 6.45) is -0.293. The van der Waals surface area contributed by atoms with E-state index in [-0.39, 0.29) is 5.56 Å². The SMILES string of the molecule is NNC(c1cnccn1)c1ccc(Br)cc1C(F)(F)F. The molecule has 0 saturated carbocycles. The molecule has 1 aromatic heterocycles. The average Bonchev–Trinajstić information content (AvgIpc) is 2.41. The molecule has 0 radical (unpaired) electrons. The van der Waals surface area contributed by atoms with E-state index in [0.29, 0.717) is 10.2 Å². The second-order valence-electron chi connectivity index (χ2n) is 3.96. The summed E-state index contributed by atoms with van der Waals surface area (Å²) in [5, 5.41) is 0. The molecule has 0 aliphatic heterocycles. The fraction of sp³-hybridized carbons (Fsp3) is 0.167. The van der Waals surface area contributed by atoms with Gasteiger partial charge in [-0.3, -0.25) is 15.8 Å². The van der Waals surface area contributed by atoms with E-state index in [1.807, 2.05) is 0 Å². The molecule has 0 saturated heterocycles. The van der Waals surface area contributed by atoms with E-state index in [1.54, 1.807) is 0 Å². The monoisotopic (exact) mass is 346 g/mol. The van der Waals surface area contributed by atoms with Gasteiger partial charge >= 0.3 is 6.18 Å². The summed E-state index contributed by atoms with van der Waals surface area (Å²) in [5.41, 5.74) is 1.87. The van der Waals surface area contributed by atoms with Crippen molar-refractivity contribution in [2.75, 3.05) is 0 Å². The fourth-order valence-electron chi connectivity index (χ4n) is 1.82. The molecule has 8 heteroatoms. The van der Waals surface area contributed by atoms with Crippen LogP contribution in [-0.4, -0.2) is 9.97 Å². The van der Waals surface area contributed by atoms with E-state index in [1.165, 1.54) is 30.7 Å². The molecular formula is C12H10BrF3N4. The van der Waals surface area contributed by atoms with Gasteiger partial charge in [-0.2, -0.15) is 13.2 Å². The minimum Gasteiger partial charge on any atom is -0.271 e. The highest BCUT2D eigenvalue weighted by atomic mass is 79.9. The van der Waals surface area contributed by atoms with E-state index >= 15 is 0 Å². The van der Waals surface area contributed by atoms with Crippen LogP contribution in [0, 0.1) is 0 Å². The van der Waals surface area contributed by atoms with Gasteiger partial charge in [0.05, 0.1) is 23.5 Å². The highest BCUT2D eigenvalue weighted by Gasteiger charge is 2.36. The molecule has 20 heavy (non-hydrogen) atoms. The number of aromatic nitrogens is 2. The van der Waals surface area contributed by atoms with Gasteiger partial charge in [0.1, 0.15) is 0 Å². The van der Waals surface area contributed by atoms with Crippen molar-refractivity contribution >= 4 is 15.9 Å². The Labute approximate surface area is 121 Å². The number of rotatable bonds is 3. The Morgan fingerprint density at radius 1 is 1.25 bits per heavy atom. The predicted octanol–water partition coefficient (Wildman–Crippen LogP) is 2.81. The Bertz CT molecular complexity index is 589. The minimum absolute atomic E-state index is 0.0105. The van der Waals surface area contributed by atoms with Gasteiger partial charge < -0.3 is 0 Å². The number of nitrogens with one attached hydrogen (secondary N) is 1. The van der Waals surface area contributed by atoms with Crippen LogP contribution in [0.15, 0.2) is 41.3 Å². The lowest BCUT2D eigenvalue weighted by Crippen LogP contribution is -2.31. The van der Waals surface area contributed by atoms with Crippen molar-refractivity contribution < 1.29 is 13.2 Å². The van der Waals surface area contributed by atoms with Crippen molar-refractivity contribution in [2.24, 2.45) is 5.84 Å². The number of nitrogens with zero attached hydrogens (tertiary/aromatic N) is 2. The quantitative estimate of drug-likeness (QED) is 0.662. The smallest absolute Gasteiger partial charge is 0.271 e. The number of benzene rings is 1. The maximum atomic E-state index is 13.1. The van der Waals surface area contributed by atoms with Gasteiger partial charge in [-0.1, -0.05) is 22.0 Å². The molecule has 0 amide bonds. The molecule has 0 aliphatic rings. The number of hydrogen-bond acceptors (Lipinski definition) is 4. The van der Waals surface area contributed by atoms with Crippen LogP contribution in [0.5, 0.6) is 0 Å². The van der Waals surface area contributed by atoms with Crippen molar-refractivity contribution in [3.63, 3.8) is 0 Å². The van der Waals surface area contributed by atoms with E-state index in [2.05, 4.69) is 31.3 Å². The molecule has 0 aliphatic carbocycles. The van der Waals surface area contributed by atoms with Crippen LogP contribution in [0.25, 0.3) is 0 Å². The number of nitrogens with two attached hydrogens (primary N) is 1. The second-order valence-corrected chi connectivity index (χ2v) is 4.87. The third-order valence-corrected chi connectivity index (χ3v) is 3.17. The first-order valence-corrected chi connectivity index (χ1v) is 6.31. The molecule has 2 aromatic rings. The van der Waals surface area contributed by atoms with Gasteiger partial charge in [0, 0.05) is 16.9 Å². The maximum absolute atomic E-state index is 13.1. The summed E-state index contributed by atoms with van der Waals surface area (Å²) in [6.45, 7) is 0. The van der Waals surface area contributed by atoms with Crippen molar-refractivity contribution in [1.29, 1.82) is 0 Å². The molecule has 1 aromatic carbocycles. The summed E-state index contributed by atoms with van der Waals surface area (Å²) >= 11 is 3.04. The van der Waals surface area contributed by atoms with Crippen molar-refractivity contribution in [3.8, 4) is 0 Å². The molecule has 1 atom stereocenters. The first kappa shape index (κ1) is 14.9. The Hall–Kier alpha value is -1.51. The number of hydrogen-bond donors (Lipinski definition) is 2. The largest absolute Gasteiger partial charge is 0.416 e. The lowest BCUT2D eigenvalue weighted by atomic mass is 9.98. The molecular weight excluding hydrogens is 337 g/mol. The minimum atomic E-state index is -4.49. The van der Waals surface area contributed by atoms with Crippen molar-refractivity contribution in [2.45, 2.75) is 12.2 Å². The van der Waals surface area contributed by atoms with Crippen LogP contribution < -0.4 is 11.3 Å². The highest BCUT2D eigenvalue weighted by molar-refractivity contribution is 9.10. The zero-order valence-corrected chi connectivity index (χ0v) is 11.6. The van der Waals surface area contributed by atoms with Crippen LogP contribution in [0.1, 0.15) is 22.9 Å². The van der Waals surface area contributed by atoms with E-state index in [4.69, 9.17) is 5.84 Å². The molecule has 1 unspecified atom stereocenters. The van der Waals surface area contributed by atoms with E-state index < -0.39 is 17.8 Å². The Morgan fingerprint density at radius 2 is 2.00 bits per heavy atom. The summed E-state index contributed by atoms with van der Waals surface area (Å²) in [5.74, 6) is 5.39. The topological polar surface area (TPSA) is 63.8 Å². The summed E-state index contributed by atoms with van der Waals surface area (Å²) < 4.78 is 39.7. The Morgan fingerprint density at radius 3 is 2.55 bits per heavy atom. The highest BCUT2D eigenvalue weighted by Crippen LogP contribution is 2.37. The Balaban J connectivity index is 2.56. The molecule has 0 spiro atoms. The summed E-state index contributed by atoms with van der Waals surface area (Å²) in [4.78, 5) is 7.83. The van der Waals surface area contributed by atoms with Crippen LogP contribution in [0.4, 0.5) is 13.2 Å². The number of hydrazine groups is 1. The fourth-order valence-corrected chi connectivity index (χ4v) is 2.18. The van der Waals surface area contributed by atoms with Gasteiger partial charge in [-0.15, -0.1) is 0 Å². The number of halogens is 4. The van der Waals surface area contributed by atoms with Crippen LogP contribution in [0.2, 0.25) is 0 Å². The molecule has 3 N–H and O–H groups in total. The maximum Gasteiger partial charge on any atom is 0.416 e. The van der Waals surface area contributed by atoms with Gasteiger partial charge in [0.2, 0.25) is 0 Å². The molecule has 0 bridgehead atoms. The first-order chi connectivity index (χ1) is 9.43. The third-order valence-electron chi connectivity index (χ3n) is 2.68. The van der Waals surface area contributed by atoms with Gasteiger partial charge in [-0.05, 0) is 17.7 Å². The van der Waals surface area contributed by atoms with Crippen molar-refractivity contribution in [3.05, 3.63) is 58.1 Å². The average molecular weight is 347 g/mol. The number of alkyl halides is 3. The summed E-state index contributed by atoms with van der Waals surface area (Å²) in [7, 11) is 0. The predicted molar refractivity (Wildman–Crippen MR) is 70.3 cm³/mol. The van der Waals surface area contributed by atoms with Crippen LogP contribution in [0.3, 0.4) is 0 Å². The molecule has 1 heterocycles. The molecule has 0 fully saturated rings. The first-order valence-electron chi connectivity index (χ1n) is 5.52. The zero-order chi connectivity index (χ0) is 14.8. The van der Waals surface area contributed by atoms with E-state index in [9.17, 15) is 13.2 Å². The second kappa shape index (κ2) is 5.86. The molecule has 2 rings (SSSR count). The summed E-state index contributed by atoms with van der Waals surface area (Å²) in [6, 6.07) is 2.99. The van der Waals surface area contributed by atoms with E-state index in [0.717, 1.165) is 6.07 Å². The lowest BCUT2D eigenvalue weighted by Gasteiger charge is -2.20. The van der Waals surface area contributed by atoms with Crippen LogP contribution in [-0.2, 0) is 6.18 Å². The zero-order valence-electron chi connectivity index (χ0n) is 10.0. The lowest BCUT2D eigenvalue weighted by molar-refractivity contribution is -0.138. The van der Waals surface area contributed by atoms with Crippen LogP contribution >= 0.6 is 15.9 Å². The third kappa shape index (κ3) is 3.14. The molecule has 4 nitrogen and oxygen atoms in total. The van der Waals surface area contributed by atoms with Crippen molar-refractivity contribution in [1.82, 2.24) is 15.4 Å². The van der Waals surface area contributed by atoms with Gasteiger partial charge in [0.15, 0.2) is 0 Å². The normalized spacial score (nSPS) is 13.2. The van der Waals surface area contributed by atoms with Gasteiger partial charge in [0.25, 0.3) is 0 Å². The standard InChI is InChI=1S/C12H10BrF3N4/c13-7-1-2-8(9(5-7)12(14,15)16)11(20-17)10-6-18-3-4-19-10/h1-6,11,20H,17H2. The Kier molecular flexibility index (Phi) is 4.36. The molecule has 106 valence electrons. The van der Waals surface area contributed by atoms with Gasteiger partial charge in [-0.25, -0.2) is 5.43 Å².